The molecule has 0 bridgehead atoms. The van der Waals surface area contributed by atoms with Crippen molar-refractivity contribution in [3.05, 3.63) is 70.7 Å². The molecule has 0 spiro atoms. The zero-order valence-corrected chi connectivity index (χ0v) is 22.5. The summed E-state index contributed by atoms with van der Waals surface area (Å²) in [7, 11) is -3.95. The molecule has 8 nitrogen and oxygen atoms in total. The minimum atomic E-state index is -3.95. The predicted molar refractivity (Wildman–Crippen MR) is 147 cm³/mol. The van der Waals surface area contributed by atoms with Gasteiger partial charge in [0.25, 0.3) is 5.96 Å². The Labute approximate surface area is 218 Å². The molecule has 0 amide bonds. The van der Waals surface area contributed by atoms with Crippen molar-refractivity contribution in [3.8, 4) is 0 Å². The Bertz CT molecular complexity index is 1260. The molecule has 2 heterocycles. The maximum absolute atomic E-state index is 13.3. The van der Waals surface area contributed by atoms with Crippen molar-refractivity contribution >= 4 is 39.3 Å². The van der Waals surface area contributed by atoms with Crippen LogP contribution in [0.25, 0.3) is 0 Å². The largest absolute Gasteiger partial charge is 0.387 e. The van der Waals surface area contributed by atoms with Crippen molar-refractivity contribution in [1.82, 2.24) is 9.31 Å². The van der Waals surface area contributed by atoms with Crippen molar-refractivity contribution in [3.63, 3.8) is 0 Å². The second-order valence-electron chi connectivity index (χ2n) is 10.1. The molecule has 4 rings (SSSR count). The van der Waals surface area contributed by atoms with Gasteiger partial charge in [-0.1, -0.05) is 81.3 Å². The van der Waals surface area contributed by atoms with Crippen LogP contribution in [0.15, 0.2) is 69.1 Å². The molecule has 0 saturated carbocycles. The van der Waals surface area contributed by atoms with E-state index in [1.807, 2.05) is 75.4 Å². The summed E-state index contributed by atoms with van der Waals surface area (Å²) < 4.78 is 32.1. The fraction of sp³-hybridized carbons (Fsp3) is 0.423. The van der Waals surface area contributed by atoms with Gasteiger partial charge < -0.3 is 5.73 Å². The van der Waals surface area contributed by atoms with Gasteiger partial charge in [0, 0.05) is 29.4 Å². The van der Waals surface area contributed by atoms with Gasteiger partial charge in [0.1, 0.15) is 5.84 Å². The van der Waals surface area contributed by atoms with Crippen LogP contribution in [0, 0.1) is 5.41 Å². The minimum absolute atomic E-state index is 0.0297. The maximum Gasteiger partial charge on any atom is 0.325 e. The van der Waals surface area contributed by atoms with E-state index in [-0.39, 0.29) is 17.7 Å². The highest BCUT2D eigenvalue weighted by Gasteiger charge is 2.34. The second kappa shape index (κ2) is 10.7. The molecule has 1 unspecified atom stereocenters. The van der Waals surface area contributed by atoms with E-state index in [2.05, 4.69) is 9.39 Å². The van der Waals surface area contributed by atoms with Crippen molar-refractivity contribution in [2.75, 3.05) is 19.6 Å². The standard InChI is InChI=1S/C26H33ClN6O2S/c1-26(2,3)24(28)29-25(31-36(34,35)32-16-8-5-9-17-32)33-18-22(19-10-6-4-7-11-19)23(30-33)20-12-14-21(27)15-13-20/h4,6-7,10-15,22H,5,8-9,16-18H2,1-3H3,(H2,28,29,31). The van der Waals surface area contributed by atoms with Gasteiger partial charge in [-0.05, 0) is 36.1 Å². The van der Waals surface area contributed by atoms with Gasteiger partial charge in [0.2, 0.25) is 0 Å². The average molecular weight is 529 g/mol. The summed E-state index contributed by atoms with van der Waals surface area (Å²) in [6.07, 6.45) is 2.64. The lowest BCUT2D eigenvalue weighted by molar-refractivity contribution is 0.346. The summed E-state index contributed by atoms with van der Waals surface area (Å²) in [6, 6.07) is 17.4. The first-order valence-corrected chi connectivity index (χ1v) is 13.9. The van der Waals surface area contributed by atoms with Gasteiger partial charge in [0.15, 0.2) is 0 Å². The predicted octanol–water partition coefficient (Wildman–Crippen LogP) is 4.63. The van der Waals surface area contributed by atoms with Gasteiger partial charge in [-0.15, -0.1) is 4.40 Å². The fourth-order valence-corrected chi connectivity index (χ4v) is 5.41. The Morgan fingerprint density at radius 1 is 1.03 bits per heavy atom. The van der Waals surface area contributed by atoms with Crippen LogP contribution in [0.4, 0.5) is 0 Å². The molecule has 2 aromatic carbocycles. The number of nitrogens with two attached hydrogens (primary N) is 1. The fourth-order valence-electron chi connectivity index (χ4n) is 4.11. The number of hydrogen-bond acceptors (Lipinski definition) is 3. The Hall–Kier alpha value is -2.75. The van der Waals surface area contributed by atoms with Gasteiger partial charge >= 0.3 is 10.2 Å². The molecule has 1 saturated heterocycles. The molecule has 192 valence electrons. The van der Waals surface area contributed by atoms with Crippen LogP contribution in [0.3, 0.4) is 0 Å². The van der Waals surface area contributed by atoms with Gasteiger partial charge in [-0.3, -0.25) is 0 Å². The van der Waals surface area contributed by atoms with Gasteiger partial charge in [0.05, 0.1) is 12.3 Å². The highest BCUT2D eigenvalue weighted by Crippen LogP contribution is 2.30. The van der Waals surface area contributed by atoms with Crippen LogP contribution < -0.4 is 5.73 Å². The summed E-state index contributed by atoms with van der Waals surface area (Å²) in [5.41, 5.74) is 8.55. The number of nitrogens with zero attached hydrogens (tertiary/aromatic N) is 5. The number of hydrazone groups is 1. The lowest BCUT2D eigenvalue weighted by Crippen LogP contribution is -2.37. The van der Waals surface area contributed by atoms with Crippen molar-refractivity contribution in [1.29, 1.82) is 0 Å². The van der Waals surface area contributed by atoms with Crippen LogP contribution in [0.1, 0.15) is 57.1 Å². The maximum atomic E-state index is 13.3. The second-order valence-corrected chi connectivity index (χ2v) is 12.1. The van der Waals surface area contributed by atoms with E-state index in [4.69, 9.17) is 22.4 Å². The highest BCUT2D eigenvalue weighted by molar-refractivity contribution is 7.87. The first-order chi connectivity index (χ1) is 17.0. The molecule has 36 heavy (non-hydrogen) atoms. The van der Waals surface area contributed by atoms with Crippen molar-refractivity contribution < 1.29 is 8.42 Å². The number of aliphatic imine (C=N–C) groups is 1. The van der Waals surface area contributed by atoms with E-state index < -0.39 is 15.6 Å². The number of amidine groups is 1. The molecule has 1 fully saturated rings. The molecule has 1 atom stereocenters. The highest BCUT2D eigenvalue weighted by atomic mass is 35.5. The first kappa shape index (κ1) is 26.3. The molecule has 2 N–H and O–H groups in total. The van der Waals surface area contributed by atoms with E-state index in [1.54, 1.807) is 5.01 Å². The van der Waals surface area contributed by atoms with Crippen LogP contribution in [-0.2, 0) is 10.2 Å². The lowest BCUT2D eigenvalue weighted by atomic mass is 9.91. The van der Waals surface area contributed by atoms with Gasteiger partial charge in [-0.2, -0.15) is 22.8 Å². The Kier molecular flexibility index (Phi) is 7.82. The van der Waals surface area contributed by atoms with E-state index >= 15 is 0 Å². The summed E-state index contributed by atoms with van der Waals surface area (Å²) in [5.74, 6) is 0.126. The molecule has 2 aliphatic heterocycles. The molecule has 0 aliphatic carbocycles. The number of hydrogen-bond donors (Lipinski definition) is 1. The number of rotatable bonds is 4. The number of benzene rings is 2. The summed E-state index contributed by atoms with van der Waals surface area (Å²) in [6.45, 7) is 7.02. The van der Waals surface area contributed by atoms with Crippen molar-refractivity contribution in [2.24, 2.45) is 25.6 Å². The van der Waals surface area contributed by atoms with Crippen LogP contribution in [0.5, 0.6) is 0 Å². The topological polar surface area (TPSA) is 104 Å². The molecular formula is C26H33ClN6O2S. The van der Waals surface area contributed by atoms with Crippen LogP contribution in [0.2, 0.25) is 5.02 Å². The Morgan fingerprint density at radius 2 is 1.67 bits per heavy atom. The number of guanidine groups is 1. The van der Waals surface area contributed by atoms with E-state index in [9.17, 15) is 8.42 Å². The SMILES string of the molecule is CC(C)(C)C(N)=NC(=NS(=O)(=O)N1CCCCC1)N1CC(c2ccccc2)C(c2ccc(Cl)cc2)=N1. The van der Waals surface area contributed by atoms with E-state index in [0.29, 0.717) is 24.7 Å². The summed E-state index contributed by atoms with van der Waals surface area (Å²) in [5, 5.41) is 7.03. The minimum Gasteiger partial charge on any atom is -0.387 e. The zero-order chi connectivity index (χ0) is 25.9. The molecule has 2 aliphatic rings. The third-order valence-electron chi connectivity index (χ3n) is 6.31. The first-order valence-electron chi connectivity index (χ1n) is 12.2. The third kappa shape index (κ3) is 6.14. The smallest absolute Gasteiger partial charge is 0.325 e. The molecular weight excluding hydrogens is 496 g/mol. The van der Waals surface area contributed by atoms with E-state index in [0.717, 1.165) is 36.1 Å². The monoisotopic (exact) mass is 528 g/mol. The lowest BCUT2D eigenvalue weighted by Gasteiger charge is -2.25. The molecule has 2 aromatic rings. The molecule has 0 aromatic heterocycles. The summed E-state index contributed by atoms with van der Waals surface area (Å²) >= 11 is 6.12. The Morgan fingerprint density at radius 3 is 2.28 bits per heavy atom. The summed E-state index contributed by atoms with van der Waals surface area (Å²) in [4.78, 5) is 4.52. The molecule has 10 heteroatoms. The van der Waals surface area contributed by atoms with Gasteiger partial charge in [-0.25, -0.2) is 5.01 Å². The molecule has 0 radical (unpaired) electrons. The number of piperidine rings is 1. The normalized spacial score (nSPS) is 20.5. The third-order valence-corrected chi connectivity index (χ3v) is 7.98. The zero-order valence-electron chi connectivity index (χ0n) is 20.9. The van der Waals surface area contributed by atoms with Crippen molar-refractivity contribution in [2.45, 2.75) is 46.0 Å². The van der Waals surface area contributed by atoms with E-state index in [1.165, 1.54) is 4.31 Å². The van der Waals surface area contributed by atoms with Crippen LogP contribution >= 0.6 is 11.6 Å². The Balaban J connectivity index is 1.80. The quantitative estimate of drug-likeness (QED) is 0.461. The number of halogens is 1. The average Bonchev–Trinajstić information content (AvgIpc) is 3.30. The van der Waals surface area contributed by atoms with Crippen LogP contribution in [-0.4, -0.2) is 54.9 Å².